The Balaban J connectivity index is 0.000000956. The average molecular weight is 290 g/mol. The molecule has 0 saturated carbocycles. The molecule has 0 aliphatic heterocycles. The topological polar surface area (TPSA) is 28.8 Å². The largest absolute Gasteiger partial charge is 0.317 e. The highest BCUT2D eigenvalue weighted by Crippen LogP contribution is 2.20. The van der Waals surface area contributed by atoms with Crippen LogP contribution in [0.1, 0.15) is 46.5 Å². The SMILES string of the molecule is CC.CCCCCCn1c(-c2ccccc2)csc1=N. The fraction of sp³-hybridized carbons (Fsp3) is 0.471. The summed E-state index contributed by atoms with van der Waals surface area (Å²) in [6.07, 6.45) is 4.97. The highest BCUT2D eigenvalue weighted by atomic mass is 32.1. The summed E-state index contributed by atoms with van der Waals surface area (Å²) >= 11 is 1.52. The Bertz CT molecular complexity index is 525. The summed E-state index contributed by atoms with van der Waals surface area (Å²) in [7, 11) is 0. The number of thiazole rings is 1. The summed E-state index contributed by atoms with van der Waals surface area (Å²) in [4.78, 5) is 0.658. The average Bonchev–Trinajstić information content (AvgIpc) is 2.88. The van der Waals surface area contributed by atoms with Crippen LogP contribution >= 0.6 is 11.3 Å². The summed E-state index contributed by atoms with van der Waals surface area (Å²) in [6, 6.07) is 10.4. The third-order valence-corrected chi connectivity index (χ3v) is 3.91. The second-order valence-corrected chi connectivity index (χ2v) is 5.36. The van der Waals surface area contributed by atoms with E-state index in [9.17, 15) is 0 Å². The van der Waals surface area contributed by atoms with E-state index in [1.807, 2.05) is 19.9 Å². The number of nitrogens with one attached hydrogen (secondary N) is 1. The Labute approximate surface area is 126 Å². The van der Waals surface area contributed by atoms with Crippen LogP contribution in [0.3, 0.4) is 0 Å². The van der Waals surface area contributed by atoms with Gasteiger partial charge in [0.1, 0.15) is 0 Å². The molecule has 1 heterocycles. The molecular formula is C17H26N2S. The fourth-order valence-electron chi connectivity index (χ4n) is 2.10. The molecule has 0 fully saturated rings. The first-order valence-electron chi connectivity index (χ1n) is 7.61. The lowest BCUT2D eigenvalue weighted by Crippen LogP contribution is -2.14. The van der Waals surface area contributed by atoms with E-state index in [2.05, 4.69) is 41.1 Å². The lowest BCUT2D eigenvalue weighted by atomic mass is 10.1. The molecular weight excluding hydrogens is 264 g/mol. The maximum atomic E-state index is 8.00. The first kappa shape index (κ1) is 16.7. The van der Waals surface area contributed by atoms with Crippen molar-refractivity contribution in [1.82, 2.24) is 4.57 Å². The molecule has 110 valence electrons. The predicted octanol–water partition coefficient (Wildman–Crippen LogP) is 5.30. The first-order chi connectivity index (χ1) is 9.83. The molecule has 0 saturated heterocycles. The van der Waals surface area contributed by atoms with Gasteiger partial charge in [-0.05, 0) is 12.0 Å². The van der Waals surface area contributed by atoms with E-state index in [0.29, 0.717) is 4.80 Å². The summed E-state index contributed by atoms with van der Waals surface area (Å²) in [5.41, 5.74) is 2.39. The van der Waals surface area contributed by atoms with Gasteiger partial charge in [-0.1, -0.05) is 70.4 Å². The Morgan fingerprint density at radius 2 is 1.75 bits per heavy atom. The van der Waals surface area contributed by atoms with Crippen molar-refractivity contribution in [3.05, 3.63) is 40.5 Å². The van der Waals surface area contributed by atoms with Crippen LogP contribution in [0.2, 0.25) is 0 Å². The second-order valence-electron chi connectivity index (χ2n) is 4.50. The fourth-order valence-corrected chi connectivity index (χ4v) is 2.90. The van der Waals surface area contributed by atoms with Crippen LogP contribution in [0.4, 0.5) is 0 Å². The molecule has 0 radical (unpaired) electrons. The van der Waals surface area contributed by atoms with Gasteiger partial charge in [-0.2, -0.15) is 0 Å². The van der Waals surface area contributed by atoms with E-state index in [0.717, 1.165) is 6.54 Å². The predicted molar refractivity (Wildman–Crippen MR) is 89.1 cm³/mol. The molecule has 1 aromatic carbocycles. The molecule has 0 bridgehead atoms. The standard InChI is InChI=1S/C15H20N2S.C2H6/c1-2-3-4-8-11-17-14(12-18-15(17)16)13-9-6-5-7-10-13;1-2/h5-7,9-10,12,16H,2-4,8,11H2,1H3;1-2H3. The third kappa shape index (κ3) is 4.64. The minimum absolute atomic E-state index is 0.658. The van der Waals surface area contributed by atoms with E-state index >= 15 is 0 Å². The molecule has 0 spiro atoms. The number of rotatable bonds is 6. The van der Waals surface area contributed by atoms with Gasteiger partial charge in [0, 0.05) is 11.9 Å². The van der Waals surface area contributed by atoms with Crippen molar-refractivity contribution < 1.29 is 0 Å². The number of hydrogen-bond donors (Lipinski definition) is 1. The molecule has 0 aliphatic rings. The number of aromatic nitrogens is 1. The van der Waals surface area contributed by atoms with E-state index in [1.54, 1.807) is 0 Å². The number of unbranched alkanes of at least 4 members (excludes halogenated alkanes) is 3. The quantitative estimate of drug-likeness (QED) is 0.699. The molecule has 2 aromatic rings. The Kier molecular flexibility index (Phi) is 7.97. The van der Waals surface area contributed by atoms with Gasteiger partial charge in [0.05, 0.1) is 5.69 Å². The van der Waals surface area contributed by atoms with Crippen LogP contribution in [-0.4, -0.2) is 4.57 Å². The van der Waals surface area contributed by atoms with Gasteiger partial charge >= 0.3 is 0 Å². The smallest absolute Gasteiger partial charge is 0.182 e. The molecule has 0 amide bonds. The van der Waals surface area contributed by atoms with Gasteiger partial charge in [0.25, 0.3) is 0 Å². The number of hydrogen-bond acceptors (Lipinski definition) is 2. The number of nitrogens with zero attached hydrogens (tertiary/aromatic N) is 1. The lowest BCUT2D eigenvalue weighted by Gasteiger charge is -2.08. The van der Waals surface area contributed by atoms with Crippen molar-refractivity contribution in [2.24, 2.45) is 0 Å². The van der Waals surface area contributed by atoms with E-state index in [-0.39, 0.29) is 0 Å². The summed E-state index contributed by atoms with van der Waals surface area (Å²) < 4.78 is 2.13. The number of benzene rings is 1. The maximum Gasteiger partial charge on any atom is 0.182 e. The van der Waals surface area contributed by atoms with E-state index in [4.69, 9.17) is 5.41 Å². The van der Waals surface area contributed by atoms with Gasteiger partial charge in [0.15, 0.2) is 4.80 Å². The van der Waals surface area contributed by atoms with Crippen molar-refractivity contribution in [2.45, 2.75) is 53.0 Å². The van der Waals surface area contributed by atoms with Crippen LogP contribution in [0.15, 0.2) is 35.7 Å². The van der Waals surface area contributed by atoms with Crippen LogP contribution in [0.25, 0.3) is 11.3 Å². The lowest BCUT2D eigenvalue weighted by molar-refractivity contribution is 0.575. The Hall–Kier alpha value is -1.35. The zero-order valence-electron chi connectivity index (χ0n) is 12.9. The van der Waals surface area contributed by atoms with Crippen LogP contribution < -0.4 is 4.80 Å². The minimum atomic E-state index is 0.658. The van der Waals surface area contributed by atoms with Crippen molar-refractivity contribution in [2.75, 3.05) is 0 Å². The Morgan fingerprint density at radius 3 is 2.40 bits per heavy atom. The van der Waals surface area contributed by atoms with Gasteiger partial charge in [-0.15, -0.1) is 11.3 Å². The van der Waals surface area contributed by atoms with Crippen LogP contribution in [-0.2, 0) is 6.54 Å². The molecule has 3 heteroatoms. The molecule has 1 aromatic heterocycles. The molecule has 0 aliphatic carbocycles. The molecule has 2 nitrogen and oxygen atoms in total. The zero-order valence-corrected chi connectivity index (χ0v) is 13.7. The summed E-state index contributed by atoms with van der Waals surface area (Å²) in [5.74, 6) is 0. The third-order valence-electron chi connectivity index (χ3n) is 3.12. The van der Waals surface area contributed by atoms with Crippen molar-refractivity contribution in [3.63, 3.8) is 0 Å². The molecule has 20 heavy (non-hydrogen) atoms. The van der Waals surface area contributed by atoms with Gasteiger partial charge in [-0.25, -0.2) is 0 Å². The van der Waals surface area contributed by atoms with Crippen LogP contribution in [0, 0.1) is 5.41 Å². The minimum Gasteiger partial charge on any atom is -0.317 e. The van der Waals surface area contributed by atoms with E-state index < -0.39 is 0 Å². The van der Waals surface area contributed by atoms with Crippen molar-refractivity contribution >= 4 is 11.3 Å². The van der Waals surface area contributed by atoms with Gasteiger partial charge < -0.3 is 4.57 Å². The van der Waals surface area contributed by atoms with Crippen molar-refractivity contribution in [1.29, 1.82) is 5.41 Å². The summed E-state index contributed by atoms with van der Waals surface area (Å²) in [6.45, 7) is 7.19. The second kappa shape index (κ2) is 9.54. The van der Waals surface area contributed by atoms with Crippen LogP contribution in [0.5, 0.6) is 0 Å². The maximum absolute atomic E-state index is 8.00. The highest BCUT2D eigenvalue weighted by Gasteiger charge is 2.06. The first-order valence-corrected chi connectivity index (χ1v) is 8.49. The zero-order chi connectivity index (χ0) is 14.8. The normalized spacial score (nSPS) is 9.95. The molecule has 1 N–H and O–H groups in total. The van der Waals surface area contributed by atoms with Gasteiger partial charge in [-0.3, -0.25) is 5.41 Å². The highest BCUT2D eigenvalue weighted by molar-refractivity contribution is 7.07. The van der Waals surface area contributed by atoms with Crippen molar-refractivity contribution in [3.8, 4) is 11.3 Å². The Morgan fingerprint density at radius 1 is 1.05 bits per heavy atom. The van der Waals surface area contributed by atoms with Gasteiger partial charge in [0.2, 0.25) is 0 Å². The molecule has 0 atom stereocenters. The monoisotopic (exact) mass is 290 g/mol. The molecule has 2 rings (SSSR count). The summed E-state index contributed by atoms with van der Waals surface area (Å²) in [5, 5.41) is 10.1. The molecule has 0 unspecified atom stereocenters. The van der Waals surface area contributed by atoms with E-state index in [1.165, 1.54) is 48.3 Å².